The average molecular weight is 290 g/mol. The first kappa shape index (κ1) is 15.0. The molecule has 1 saturated heterocycles. The van der Waals surface area contributed by atoms with Crippen molar-refractivity contribution in [2.75, 3.05) is 11.9 Å². The zero-order valence-electron chi connectivity index (χ0n) is 12.0. The largest absolute Gasteiger partial charge is 0.481 e. The zero-order chi connectivity index (χ0) is 15.6. The Morgan fingerprint density at radius 2 is 1.86 bits per heavy atom. The molecule has 2 amide bonds. The van der Waals surface area contributed by atoms with Crippen molar-refractivity contribution in [3.8, 4) is 0 Å². The number of likely N-dealkylation sites (tertiary alicyclic amines) is 1. The Hall–Kier alpha value is -2.37. The van der Waals surface area contributed by atoms with Crippen LogP contribution < -0.4 is 5.32 Å². The van der Waals surface area contributed by atoms with Crippen molar-refractivity contribution in [3.63, 3.8) is 0 Å². The number of rotatable bonds is 2. The molecule has 2 atom stereocenters. The predicted molar refractivity (Wildman–Crippen MR) is 76.7 cm³/mol. The van der Waals surface area contributed by atoms with E-state index in [1.165, 1.54) is 4.90 Å². The quantitative estimate of drug-likeness (QED) is 0.803. The molecule has 0 spiro atoms. The minimum atomic E-state index is -0.934. The van der Waals surface area contributed by atoms with Crippen LogP contribution in [0.4, 0.5) is 5.69 Å². The Bertz CT molecular complexity index is 568. The van der Waals surface area contributed by atoms with Gasteiger partial charge in [0.05, 0.1) is 5.92 Å². The molecule has 21 heavy (non-hydrogen) atoms. The number of anilines is 1. The van der Waals surface area contributed by atoms with E-state index in [0.29, 0.717) is 12.1 Å². The van der Waals surface area contributed by atoms with Gasteiger partial charge in [-0.1, -0.05) is 17.7 Å². The summed E-state index contributed by atoms with van der Waals surface area (Å²) in [6, 6.07) is 6.62. The molecule has 0 aromatic heterocycles. The van der Waals surface area contributed by atoms with E-state index in [9.17, 15) is 14.4 Å². The van der Waals surface area contributed by atoms with Crippen molar-refractivity contribution in [1.29, 1.82) is 0 Å². The van der Waals surface area contributed by atoms with Gasteiger partial charge in [0.2, 0.25) is 0 Å². The minimum Gasteiger partial charge on any atom is -0.481 e. The number of carboxylic acid groups (broad SMARTS) is 1. The van der Waals surface area contributed by atoms with E-state index in [2.05, 4.69) is 5.32 Å². The molecule has 6 nitrogen and oxygen atoms in total. The molecule has 1 aliphatic rings. The average Bonchev–Trinajstić information content (AvgIpc) is 2.82. The normalized spacial score (nSPS) is 21.1. The Morgan fingerprint density at radius 1 is 1.24 bits per heavy atom. The third-order valence-electron chi connectivity index (χ3n) is 3.84. The van der Waals surface area contributed by atoms with Crippen LogP contribution >= 0.6 is 0 Å². The zero-order valence-corrected chi connectivity index (χ0v) is 12.0. The second-order valence-electron chi connectivity index (χ2n) is 5.29. The third kappa shape index (κ3) is 3.21. The molecule has 1 aliphatic heterocycles. The third-order valence-corrected chi connectivity index (χ3v) is 3.84. The topological polar surface area (TPSA) is 86.7 Å². The lowest BCUT2D eigenvalue weighted by Gasteiger charge is -2.22. The fraction of sp³-hybridized carbons (Fsp3) is 0.400. The van der Waals surface area contributed by atoms with E-state index in [4.69, 9.17) is 5.11 Å². The molecule has 2 N–H and O–H groups in total. The Balaban J connectivity index is 2.01. The number of carbonyl (C=O) groups excluding carboxylic acids is 2. The number of aryl methyl sites for hydroxylation is 1. The van der Waals surface area contributed by atoms with E-state index in [1.54, 1.807) is 19.1 Å². The van der Waals surface area contributed by atoms with Crippen LogP contribution in [0.5, 0.6) is 0 Å². The molecule has 1 heterocycles. The van der Waals surface area contributed by atoms with Crippen molar-refractivity contribution < 1.29 is 19.5 Å². The van der Waals surface area contributed by atoms with Gasteiger partial charge in [-0.2, -0.15) is 0 Å². The fourth-order valence-electron chi connectivity index (χ4n) is 2.51. The summed E-state index contributed by atoms with van der Waals surface area (Å²) in [4.78, 5) is 36.4. The number of benzene rings is 1. The summed E-state index contributed by atoms with van der Waals surface area (Å²) in [6.45, 7) is 3.87. The minimum absolute atomic E-state index is 0.290. The van der Waals surface area contributed by atoms with Gasteiger partial charge in [-0.25, -0.2) is 0 Å². The molecule has 0 radical (unpaired) electrons. The first-order valence-corrected chi connectivity index (χ1v) is 6.81. The van der Waals surface area contributed by atoms with E-state index in [0.717, 1.165) is 5.56 Å². The van der Waals surface area contributed by atoms with Gasteiger partial charge in [-0.05, 0) is 32.4 Å². The number of nitrogens with zero attached hydrogens (tertiary/aromatic N) is 1. The summed E-state index contributed by atoms with van der Waals surface area (Å²) in [5.41, 5.74) is 1.59. The van der Waals surface area contributed by atoms with Crippen LogP contribution in [0.2, 0.25) is 0 Å². The van der Waals surface area contributed by atoms with E-state index < -0.39 is 29.7 Å². The molecule has 1 aromatic rings. The smallest absolute Gasteiger partial charge is 0.313 e. The molecular weight excluding hydrogens is 272 g/mol. The lowest BCUT2D eigenvalue weighted by Crippen LogP contribution is -2.43. The number of aliphatic carboxylic acids is 1. The highest BCUT2D eigenvalue weighted by Crippen LogP contribution is 2.24. The molecule has 0 bridgehead atoms. The van der Waals surface area contributed by atoms with E-state index >= 15 is 0 Å². The molecule has 2 unspecified atom stereocenters. The summed E-state index contributed by atoms with van der Waals surface area (Å²) < 4.78 is 0. The summed E-state index contributed by atoms with van der Waals surface area (Å²) in [5.74, 6) is -2.97. The second kappa shape index (κ2) is 5.95. The van der Waals surface area contributed by atoms with Gasteiger partial charge >= 0.3 is 17.8 Å². The number of nitrogens with one attached hydrogen (secondary N) is 1. The van der Waals surface area contributed by atoms with Crippen LogP contribution in [0, 0.1) is 12.8 Å². The monoisotopic (exact) mass is 290 g/mol. The molecule has 2 rings (SSSR count). The van der Waals surface area contributed by atoms with Gasteiger partial charge < -0.3 is 15.3 Å². The number of carbonyl (C=O) groups is 3. The lowest BCUT2D eigenvalue weighted by atomic mass is 10.0. The second-order valence-corrected chi connectivity index (χ2v) is 5.29. The lowest BCUT2D eigenvalue weighted by molar-refractivity contribution is -0.146. The standard InChI is InChI=1S/C15H18N2O4/c1-9-3-5-11(6-4-9)16-13(18)14(19)17-8-7-12(10(17)2)15(20)21/h3-6,10,12H,7-8H2,1-2H3,(H,16,18)(H,20,21). The van der Waals surface area contributed by atoms with Crippen LogP contribution in [0.1, 0.15) is 18.9 Å². The molecule has 1 fully saturated rings. The van der Waals surface area contributed by atoms with Gasteiger partial charge in [0.25, 0.3) is 0 Å². The molecular formula is C15H18N2O4. The molecule has 6 heteroatoms. The van der Waals surface area contributed by atoms with Crippen molar-refractivity contribution in [2.24, 2.45) is 5.92 Å². The van der Waals surface area contributed by atoms with Crippen LogP contribution in [-0.2, 0) is 14.4 Å². The summed E-state index contributed by atoms with van der Waals surface area (Å²) in [5, 5.41) is 11.6. The highest BCUT2D eigenvalue weighted by molar-refractivity contribution is 6.39. The number of hydrogen-bond donors (Lipinski definition) is 2. The van der Waals surface area contributed by atoms with Crippen LogP contribution in [0.3, 0.4) is 0 Å². The number of carboxylic acids is 1. The van der Waals surface area contributed by atoms with Crippen LogP contribution in [0.25, 0.3) is 0 Å². The van der Waals surface area contributed by atoms with Crippen LogP contribution in [0.15, 0.2) is 24.3 Å². The number of amides is 2. The molecule has 0 saturated carbocycles. The SMILES string of the molecule is Cc1ccc(NC(=O)C(=O)N2CCC(C(=O)O)C2C)cc1. The highest BCUT2D eigenvalue weighted by atomic mass is 16.4. The number of hydrogen-bond acceptors (Lipinski definition) is 3. The first-order chi connectivity index (χ1) is 9.90. The van der Waals surface area contributed by atoms with Crippen molar-refractivity contribution in [1.82, 2.24) is 4.90 Å². The summed E-state index contributed by atoms with van der Waals surface area (Å²) >= 11 is 0. The summed E-state index contributed by atoms with van der Waals surface area (Å²) in [6.07, 6.45) is 0.375. The maximum atomic E-state index is 12.1. The maximum Gasteiger partial charge on any atom is 0.313 e. The van der Waals surface area contributed by atoms with Gasteiger partial charge in [0.1, 0.15) is 0 Å². The predicted octanol–water partition coefficient (Wildman–Crippen LogP) is 1.26. The van der Waals surface area contributed by atoms with Gasteiger partial charge in [0, 0.05) is 18.3 Å². The first-order valence-electron chi connectivity index (χ1n) is 6.81. The van der Waals surface area contributed by atoms with Crippen molar-refractivity contribution in [2.45, 2.75) is 26.3 Å². The van der Waals surface area contributed by atoms with Crippen molar-refractivity contribution in [3.05, 3.63) is 29.8 Å². The molecule has 0 aliphatic carbocycles. The van der Waals surface area contributed by atoms with Gasteiger partial charge in [0.15, 0.2) is 0 Å². The van der Waals surface area contributed by atoms with Gasteiger partial charge in [-0.15, -0.1) is 0 Å². The fourth-order valence-corrected chi connectivity index (χ4v) is 2.51. The molecule has 112 valence electrons. The van der Waals surface area contributed by atoms with Crippen molar-refractivity contribution >= 4 is 23.5 Å². The Labute approximate surface area is 122 Å². The Kier molecular flexibility index (Phi) is 4.26. The summed E-state index contributed by atoms with van der Waals surface area (Å²) in [7, 11) is 0. The van der Waals surface area contributed by atoms with Gasteiger partial charge in [-0.3, -0.25) is 14.4 Å². The van der Waals surface area contributed by atoms with Crippen LogP contribution in [-0.4, -0.2) is 40.4 Å². The molecule has 1 aromatic carbocycles. The highest BCUT2D eigenvalue weighted by Gasteiger charge is 2.40. The maximum absolute atomic E-state index is 12.1. The van der Waals surface area contributed by atoms with E-state index in [-0.39, 0.29) is 6.54 Å². The Morgan fingerprint density at radius 3 is 2.38 bits per heavy atom. The van der Waals surface area contributed by atoms with E-state index in [1.807, 2.05) is 19.1 Å².